The van der Waals surface area contributed by atoms with Crippen LogP contribution < -0.4 is 5.73 Å². The van der Waals surface area contributed by atoms with E-state index in [2.05, 4.69) is 0 Å². The molecule has 0 saturated heterocycles. The smallest absolute Gasteiger partial charge is 0.0654 e. The molecule has 0 spiro atoms. The number of hydrogen-bond acceptors (Lipinski definition) is 1. The monoisotopic (exact) mass is 237 g/mol. The van der Waals surface area contributed by atoms with Gasteiger partial charge in [0, 0.05) is 16.6 Å². The first-order valence-corrected chi connectivity index (χ1v) is 5.10. The molecule has 1 atom stereocenters. The second-order valence-corrected chi connectivity index (χ2v) is 3.96. The van der Waals surface area contributed by atoms with Crippen LogP contribution in [0.3, 0.4) is 0 Å². The van der Waals surface area contributed by atoms with Crippen LogP contribution in [0.5, 0.6) is 0 Å². The summed E-state index contributed by atoms with van der Waals surface area (Å²) in [5.74, 6) is 0. The summed E-state index contributed by atoms with van der Waals surface area (Å²) in [6.07, 6.45) is 0.778. The van der Waals surface area contributed by atoms with Crippen LogP contribution in [0.15, 0.2) is 12.1 Å². The summed E-state index contributed by atoms with van der Waals surface area (Å²) < 4.78 is 0. The van der Waals surface area contributed by atoms with Crippen molar-refractivity contribution >= 4 is 34.8 Å². The number of halogens is 3. The van der Waals surface area contributed by atoms with Crippen LogP contribution in [0.1, 0.15) is 24.9 Å². The number of rotatable bonds is 2. The normalized spacial score (nSPS) is 13.0. The topological polar surface area (TPSA) is 26.0 Å². The molecule has 1 aromatic rings. The van der Waals surface area contributed by atoms with Crippen molar-refractivity contribution in [2.45, 2.75) is 19.4 Å². The van der Waals surface area contributed by atoms with Gasteiger partial charge in [0.1, 0.15) is 0 Å². The van der Waals surface area contributed by atoms with Crippen molar-refractivity contribution in [3.05, 3.63) is 32.8 Å². The van der Waals surface area contributed by atoms with Crippen molar-refractivity contribution in [3.8, 4) is 0 Å². The van der Waals surface area contributed by atoms with Crippen molar-refractivity contribution in [2.24, 2.45) is 5.73 Å². The van der Waals surface area contributed by atoms with Gasteiger partial charge in [-0.1, -0.05) is 41.7 Å². The summed E-state index contributed by atoms with van der Waals surface area (Å²) in [4.78, 5) is 0. The van der Waals surface area contributed by atoms with Gasteiger partial charge >= 0.3 is 0 Å². The summed E-state index contributed by atoms with van der Waals surface area (Å²) in [6, 6.07) is 3.22. The van der Waals surface area contributed by atoms with Gasteiger partial charge in [0.15, 0.2) is 0 Å². The first kappa shape index (κ1) is 11.1. The van der Waals surface area contributed by atoms with Crippen molar-refractivity contribution in [1.29, 1.82) is 0 Å². The highest BCUT2D eigenvalue weighted by molar-refractivity contribution is 6.44. The van der Waals surface area contributed by atoms with Crippen LogP contribution in [-0.2, 0) is 0 Å². The van der Waals surface area contributed by atoms with Crippen molar-refractivity contribution in [3.63, 3.8) is 0 Å². The van der Waals surface area contributed by atoms with Crippen molar-refractivity contribution < 1.29 is 0 Å². The van der Waals surface area contributed by atoms with Crippen molar-refractivity contribution in [2.75, 3.05) is 0 Å². The van der Waals surface area contributed by atoms with Gasteiger partial charge in [-0.25, -0.2) is 0 Å². The maximum atomic E-state index is 5.98. The van der Waals surface area contributed by atoms with E-state index in [0.29, 0.717) is 15.1 Å². The maximum Gasteiger partial charge on any atom is 0.0654 e. The highest BCUT2D eigenvalue weighted by Gasteiger charge is 2.14. The van der Waals surface area contributed by atoms with Crippen LogP contribution in [-0.4, -0.2) is 0 Å². The Morgan fingerprint density at radius 1 is 1.23 bits per heavy atom. The lowest BCUT2D eigenvalue weighted by atomic mass is 10.1. The van der Waals surface area contributed by atoms with E-state index in [0.717, 1.165) is 12.0 Å². The van der Waals surface area contributed by atoms with E-state index >= 15 is 0 Å². The molecule has 0 aliphatic heterocycles. The predicted molar refractivity (Wildman–Crippen MR) is 58.7 cm³/mol. The minimum atomic E-state index is -0.154. The summed E-state index contributed by atoms with van der Waals surface area (Å²) >= 11 is 17.8. The van der Waals surface area contributed by atoms with E-state index in [9.17, 15) is 0 Å². The van der Waals surface area contributed by atoms with E-state index in [1.807, 2.05) is 6.92 Å². The first-order valence-electron chi connectivity index (χ1n) is 3.96. The Bertz CT molecular complexity index is 312. The third-order valence-electron chi connectivity index (χ3n) is 1.89. The molecule has 0 aliphatic carbocycles. The second-order valence-electron chi connectivity index (χ2n) is 2.77. The summed E-state index contributed by atoms with van der Waals surface area (Å²) in [5, 5.41) is 1.53. The van der Waals surface area contributed by atoms with Crippen LogP contribution in [0.2, 0.25) is 15.1 Å². The molecule has 1 nitrogen and oxygen atoms in total. The fourth-order valence-electron chi connectivity index (χ4n) is 1.09. The molecular formula is C9H10Cl3N. The van der Waals surface area contributed by atoms with E-state index in [-0.39, 0.29) is 6.04 Å². The average Bonchev–Trinajstić information content (AvgIpc) is 2.12. The molecule has 0 amide bonds. The molecule has 0 unspecified atom stereocenters. The second kappa shape index (κ2) is 4.52. The number of nitrogens with two attached hydrogens (primary N) is 1. The molecule has 0 bridgehead atoms. The fraction of sp³-hybridized carbons (Fsp3) is 0.333. The SMILES string of the molecule is CC[C@@H](N)c1c(Cl)ccc(Cl)c1Cl. The highest BCUT2D eigenvalue weighted by atomic mass is 35.5. The Balaban J connectivity index is 3.25. The van der Waals surface area contributed by atoms with Crippen LogP contribution in [0.25, 0.3) is 0 Å². The lowest BCUT2D eigenvalue weighted by Gasteiger charge is -2.13. The molecule has 4 heteroatoms. The molecule has 0 aromatic heterocycles. The van der Waals surface area contributed by atoms with E-state index in [1.165, 1.54) is 0 Å². The summed E-state index contributed by atoms with van der Waals surface area (Å²) in [6.45, 7) is 1.97. The predicted octanol–water partition coefficient (Wildman–Crippen LogP) is 4.06. The number of benzene rings is 1. The molecular weight excluding hydrogens is 228 g/mol. The highest BCUT2D eigenvalue weighted by Crippen LogP contribution is 2.35. The minimum Gasteiger partial charge on any atom is -0.324 e. The van der Waals surface area contributed by atoms with E-state index in [1.54, 1.807) is 12.1 Å². The minimum absolute atomic E-state index is 0.154. The van der Waals surface area contributed by atoms with Gasteiger partial charge in [0.25, 0.3) is 0 Å². The van der Waals surface area contributed by atoms with Gasteiger partial charge in [-0.15, -0.1) is 0 Å². The first-order chi connectivity index (χ1) is 6.07. The van der Waals surface area contributed by atoms with E-state index < -0.39 is 0 Å². The Morgan fingerprint density at radius 2 is 1.77 bits per heavy atom. The molecule has 0 radical (unpaired) electrons. The Labute approximate surface area is 92.8 Å². The Morgan fingerprint density at radius 3 is 2.31 bits per heavy atom. The zero-order valence-corrected chi connectivity index (χ0v) is 9.42. The summed E-state index contributed by atoms with van der Waals surface area (Å²) in [5.41, 5.74) is 6.57. The lowest BCUT2D eigenvalue weighted by Crippen LogP contribution is -2.10. The average molecular weight is 239 g/mol. The largest absolute Gasteiger partial charge is 0.324 e. The molecule has 0 saturated carbocycles. The molecule has 1 aromatic carbocycles. The molecule has 13 heavy (non-hydrogen) atoms. The van der Waals surface area contributed by atoms with Crippen LogP contribution >= 0.6 is 34.8 Å². The van der Waals surface area contributed by atoms with Gasteiger partial charge in [0.2, 0.25) is 0 Å². The zero-order chi connectivity index (χ0) is 10.0. The van der Waals surface area contributed by atoms with Crippen LogP contribution in [0, 0.1) is 0 Å². The fourth-order valence-corrected chi connectivity index (χ4v) is 1.90. The molecule has 1 rings (SSSR count). The van der Waals surface area contributed by atoms with Crippen molar-refractivity contribution in [1.82, 2.24) is 0 Å². The quantitative estimate of drug-likeness (QED) is 0.773. The van der Waals surface area contributed by atoms with E-state index in [4.69, 9.17) is 40.5 Å². The third-order valence-corrected chi connectivity index (χ3v) is 3.04. The maximum absolute atomic E-state index is 5.98. The number of hydrogen-bond donors (Lipinski definition) is 1. The third kappa shape index (κ3) is 2.29. The molecule has 0 heterocycles. The Kier molecular flexibility index (Phi) is 3.87. The van der Waals surface area contributed by atoms with Gasteiger partial charge in [-0.3, -0.25) is 0 Å². The zero-order valence-electron chi connectivity index (χ0n) is 7.15. The molecule has 0 fully saturated rings. The summed E-state index contributed by atoms with van der Waals surface area (Å²) in [7, 11) is 0. The lowest BCUT2D eigenvalue weighted by molar-refractivity contribution is 0.699. The Hall–Kier alpha value is 0.0500. The van der Waals surface area contributed by atoms with Gasteiger partial charge in [-0.05, 0) is 18.6 Å². The van der Waals surface area contributed by atoms with Gasteiger partial charge in [0.05, 0.1) is 10.0 Å². The van der Waals surface area contributed by atoms with Crippen LogP contribution in [0.4, 0.5) is 0 Å². The standard InChI is InChI=1S/C9H10Cl3N/c1-2-7(13)8-5(10)3-4-6(11)9(8)12/h3-4,7H,2,13H2,1H3/t7-/m1/s1. The van der Waals surface area contributed by atoms with Gasteiger partial charge < -0.3 is 5.73 Å². The molecule has 72 valence electrons. The molecule has 2 N–H and O–H groups in total. The van der Waals surface area contributed by atoms with Gasteiger partial charge in [-0.2, -0.15) is 0 Å². The molecule has 0 aliphatic rings.